The molecule has 2 heterocycles. The third-order valence-corrected chi connectivity index (χ3v) is 2.26. The third-order valence-electron chi connectivity index (χ3n) is 2.26. The van der Waals surface area contributed by atoms with E-state index in [1.165, 1.54) is 18.3 Å². The first-order chi connectivity index (χ1) is 8.19. The second-order valence-corrected chi connectivity index (χ2v) is 3.48. The molecule has 0 aromatic carbocycles. The number of aromatic amines is 1. The van der Waals surface area contributed by atoms with Crippen LogP contribution in [0.3, 0.4) is 0 Å². The lowest BCUT2D eigenvalue weighted by Gasteiger charge is -2.01. The van der Waals surface area contributed by atoms with E-state index in [2.05, 4.69) is 15.4 Å². The number of hydrogen-bond donors (Lipinski definition) is 2. The summed E-state index contributed by atoms with van der Waals surface area (Å²) in [7, 11) is 0. The molecule has 2 aromatic rings. The molecule has 0 aliphatic rings. The van der Waals surface area contributed by atoms with Gasteiger partial charge in [0.15, 0.2) is 0 Å². The molecule has 2 aromatic heterocycles. The van der Waals surface area contributed by atoms with Gasteiger partial charge in [-0.3, -0.25) is 14.3 Å². The first kappa shape index (κ1) is 11.1. The SMILES string of the molecule is CCn1cc(NC(=O)c2ccc(=O)[nH]c2)cn1. The van der Waals surface area contributed by atoms with E-state index in [1.807, 2.05) is 6.92 Å². The molecular weight excluding hydrogens is 220 g/mol. The monoisotopic (exact) mass is 232 g/mol. The number of hydrogen-bond acceptors (Lipinski definition) is 3. The fourth-order valence-electron chi connectivity index (χ4n) is 1.36. The van der Waals surface area contributed by atoms with E-state index in [4.69, 9.17) is 0 Å². The smallest absolute Gasteiger partial charge is 0.257 e. The van der Waals surface area contributed by atoms with Crippen LogP contribution in [-0.2, 0) is 6.54 Å². The number of carbonyl (C=O) groups is 1. The number of anilines is 1. The second-order valence-electron chi connectivity index (χ2n) is 3.48. The van der Waals surface area contributed by atoms with Crippen LogP contribution in [0.4, 0.5) is 5.69 Å². The normalized spacial score (nSPS) is 10.2. The molecule has 0 spiro atoms. The molecular formula is C11H12N4O2. The van der Waals surface area contributed by atoms with Gasteiger partial charge in [0.2, 0.25) is 5.56 Å². The maximum absolute atomic E-state index is 11.8. The Bertz CT molecular complexity index is 565. The van der Waals surface area contributed by atoms with Gasteiger partial charge in [-0.25, -0.2) is 0 Å². The van der Waals surface area contributed by atoms with Crippen LogP contribution in [0.25, 0.3) is 0 Å². The van der Waals surface area contributed by atoms with Crippen molar-refractivity contribution in [1.29, 1.82) is 0 Å². The number of carbonyl (C=O) groups excluding carboxylic acids is 1. The largest absolute Gasteiger partial charge is 0.328 e. The summed E-state index contributed by atoms with van der Waals surface area (Å²) in [5.41, 5.74) is 0.789. The number of amides is 1. The van der Waals surface area contributed by atoms with Crippen LogP contribution in [0, 0.1) is 0 Å². The molecule has 0 bridgehead atoms. The molecule has 88 valence electrons. The fourth-order valence-corrected chi connectivity index (χ4v) is 1.36. The van der Waals surface area contributed by atoms with Crippen LogP contribution in [0.2, 0.25) is 0 Å². The zero-order valence-corrected chi connectivity index (χ0v) is 9.30. The van der Waals surface area contributed by atoms with Crippen molar-refractivity contribution in [3.63, 3.8) is 0 Å². The lowest BCUT2D eigenvalue weighted by molar-refractivity contribution is 0.102. The van der Waals surface area contributed by atoms with E-state index in [9.17, 15) is 9.59 Å². The van der Waals surface area contributed by atoms with E-state index >= 15 is 0 Å². The topological polar surface area (TPSA) is 79.8 Å². The van der Waals surface area contributed by atoms with Gasteiger partial charge < -0.3 is 10.3 Å². The van der Waals surface area contributed by atoms with E-state index in [1.54, 1.807) is 17.1 Å². The minimum Gasteiger partial charge on any atom is -0.328 e. The summed E-state index contributed by atoms with van der Waals surface area (Å²) in [4.78, 5) is 25.0. The highest BCUT2D eigenvalue weighted by Gasteiger charge is 2.06. The maximum Gasteiger partial charge on any atom is 0.257 e. The lowest BCUT2D eigenvalue weighted by Crippen LogP contribution is -2.14. The van der Waals surface area contributed by atoms with Crippen LogP contribution in [0.15, 0.2) is 35.5 Å². The molecule has 0 unspecified atom stereocenters. The van der Waals surface area contributed by atoms with Crippen molar-refractivity contribution in [3.05, 3.63) is 46.6 Å². The van der Waals surface area contributed by atoms with Gasteiger partial charge in [0.05, 0.1) is 17.4 Å². The highest BCUT2D eigenvalue weighted by Crippen LogP contribution is 2.06. The minimum atomic E-state index is -0.281. The van der Waals surface area contributed by atoms with Crippen molar-refractivity contribution in [3.8, 4) is 0 Å². The zero-order valence-electron chi connectivity index (χ0n) is 9.30. The average Bonchev–Trinajstić information content (AvgIpc) is 2.77. The van der Waals surface area contributed by atoms with E-state index in [-0.39, 0.29) is 11.5 Å². The van der Waals surface area contributed by atoms with Crippen molar-refractivity contribution in [2.45, 2.75) is 13.5 Å². The predicted molar refractivity (Wildman–Crippen MR) is 62.9 cm³/mol. The molecule has 2 N–H and O–H groups in total. The van der Waals surface area contributed by atoms with Gasteiger partial charge in [-0.2, -0.15) is 5.10 Å². The molecule has 0 aliphatic heterocycles. The first-order valence-electron chi connectivity index (χ1n) is 5.21. The number of aryl methyl sites for hydroxylation is 1. The Balaban J connectivity index is 2.11. The van der Waals surface area contributed by atoms with Gasteiger partial charge >= 0.3 is 0 Å². The van der Waals surface area contributed by atoms with E-state index < -0.39 is 0 Å². The number of H-pyrrole nitrogens is 1. The van der Waals surface area contributed by atoms with Crippen molar-refractivity contribution in [2.24, 2.45) is 0 Å². The fraction of sp³-hybridized carbons (Fsp3) is 0.182. The summed E-state index contributed by atoms with van der Waals surface area (Å²) in [6.45, 7) is 2.70. The standard InChI is InChI=1S/C11H12N4O2/c1-2-15-7-9(6-13-15)14-11(17)8-3-4-10(16)12-5-8/h3-7H,2H2,1H3,(H,12,16)(H,14,17). The Labute approximate surface area is 97.3 Å². The van der Waals surface area contributed by atoms with Crippen molar-refractivity contribution >= 4 is 11.6 Å². The molecule has 0 saturated heterocycles. The second kappa shape index (κ2) is 4.65. The highest BCUT2D eigenvalue weighted by molar-refractivity contribution is 6.03. The molecule has 0 saturated carbocycles. The first-order valence-corrected chi connectivity index (χ1v) is 5.21. The van der Waals surface area contributed by atoms with Crippen molar-refractivity contribution in [1.82, 2.24) is 14.8 Å². The summed E-state index contributed by atoms with van der Waals surface area (Å²) in [6, 6.07) is 2.78. The lowest BCUT2D eigenvalue weighted by atomic mass is 10.2. The maximum atomic E-state index is 11.8. The molecule has 0 aliphatic carbocycles. The zero-order chi connectivity index (χ0) is 12.3. The number of nitrogens with zero attached hydrogens (tertiary/aromatic N) is 2. The quantitative estimate of drug-likeness (QED) is 0.823. The summed E-state index contributed by atoms with van der Waals surface area (Å²) in [5.74, 6) is -0.281. The summed E-state index contributed by atoms with van der Waals surface area (Å²) in [6.07, 6.45) is 4.69. The molecule has 17 heavy (non-hydrogen) atoms. The Hall–Kier alpha value is -2.37. The molecule has 6 nitrogen and oxygen atoms in total. The number of pyridine rings is 1. The Morgan fingerprint density at radius 2 is 2.35 bits per heavy atom. The van der Waals surface area contributed by atoms with Crippen LogP contribution in [-0.4, -0.2) is 20.7 Å². The molecule has 0 radical (unpaired) electrons. The van der Waals surface area contributed by atoms with Gasteiger partial charge in [-0.05, 0) is 13.0 Å². The molecule has 1 amide bonds. The van der Waals surface area contributed by atoms with Crippen LogP contribution in [0.5, 0.6) is 0 Å². The van der Waals surface area contributed by atoms with Gasteiger partial charge in [0.25, 0.3) is 5.91 Å². The van der Waals surface area contributed by atoms with Crippen molar-refractivity contribution in [2.75, 3.05) is 5.32 Å². The molecule has 0 fully saturated rings. The summed E-state index contributed by atoms with van der Waals surface area (Å²) < 4.78 is 1.71. The van der Waals surface area contributed by atoms with E-state index in [0.29, 0.717) is 11.3 Å². The molecule has 2 rings (SSSR count). The van der Waals surface area contributed by atoms with Crippen LogP contribution in [0.1, 0.15) is 17.3 Å². The third kappa shape index (κ3) is 2.60. The molecule has 6 heteroatoms. The van der Waals surface area contributed by atoms with E-state index in [0.717, 1.165) is 6.54 Å². The molecule has 0 atom stereocenters. The Morgan fingerprint density at radius 1 is 1.53 bits per heavy atom. The minimum absolute atomic E-state index is 0.236. The number of rotatable bonds is 3. The average molecular weight is 232 g/mol. The predicted octanol–water partition coefficient (Wildman–Crippen LogP) is 0.844. The summed E-state index contributed by atoms with van der Waals surface area (Å²) in [5, 5.41) is 6.73. The van der Waals surface area contributed by atoms with Gasteiger partial charge in [0.1, 0.15) is 0 Å². The Morgan fingerprint density at radius 3 is 2.94 bits per heavy atom. The van der Waals surface area contributed by atoms with Crippen LogP contribution < -0.4 is 10.9 Å². The summed E-state index contributed by atoms with van der Waals surface area (Å²) >= 11 is 0. The highest BCUT2D eigenvalue weighted by atomic mass is 16.1. The number of nitrogens with one attached hydrogen (secondary N) is 2. The number of aromatic nitrogens is 3. The van der Waals surface area contributed by atoms with Crippen molar-refractivity contribution < 1.29 is 4.79 Å². The van der Waals surface area contributed by atoms with Gasteiger partial charge in [0, 0.05) is 25.0 Å². The van der Waals surface area contributed by atoms with Crippen LogP contribution >= 0.6 is 0 Å². The van der Waals surface area contributed by atoms with Gasteiger partial charge in [-0.1, -0.05) is 0 Å². The Kier molecular flexibility index (Phi) is 3.04. The van der Waals surface area contributed by atoms with Gasteiger partial charge in [-0.15, -0.1) is 0 Å².